The lowest BCUT2D eigenvalue weighted by Crippen LogP contribution is -2.47. The van der Waals surface area contributed by atoms with Crippen LogP contribution in [-0.2, 0) is 17.9 Å². The monoisotopic (exact) mass is 383 g/mol. The summed E-state index contributed by atoms with van der Waals surface area (Å²) in [5, 5.41) is 3.77. The molecule has 0 saturated carbocycles. The van der Waals surface area contributed by atoms with Gasteiger partial charge in [0.1, 0.15) is 11.6 Å². The number of methoxy groups -OCH3 is 1. The van der Waals surface area contributed by atoms with Gasteiger partial charge >= 0.3 is 0 Å². The van der Waals surface area contributed by atoms with Crippen molar-refractivity contribution in [2.24, 2.45) is 0 Å². The summed E-state index contributed by atoms with van der Waals surface area (Å²) >= 11 is 1.63. The van der Waals surface area contributed by atoms with E-state index in [1.54, 1.807) is 18.4 Å². The highest BCUT2D eigenvalue weighted by Crippen LogP contribution is 2.30. The average molecular weight is 383 g/mol. The fourth-order valence-electron chi connectivity index (χ4n) is 3.14. The fourth-order valence-corrected chi connectivity index (χ4v) is 4.02. The van der Waals surface area contributed by atoms with Crippen molar-refractivity contribution in [3.8, 4) is 11.5 Å². The Morgan fingerprint density at radius 1 is 1.22 bits per heavy atom. The van der Waals surface area contributed by atoms with Crippen LogP contribution in [0.15, 0.2) is 42.5 Å². The van der Waals surface area contributed by atoms with Crippen LogP contribution < -0.4 is 14.8 Å². The number of thiazole rings is 1. The lowest BCUT2D eigenvalue weighted by Gasteiger charge is -2.26. The molecule has 6 nitrogen and oxygen atoms in total. The number of fused-ring (bicyclic) bond motifs is 1. The molecule has 1 aliphatic heterocycles. The molecule has 1 N–H and O–H groups in total. The van der Waals surface area contributed by atoms with Crippen molar-refractivity contribution in [2.75, 3.05) is 26.7 Å². The van der Waals surface area contributed by atoms with E-state index < -0.39 is 0 Å². The topological polar surface area (TPSA) is 63.7 Å². The van der Waals surface area contributed by atoms with E-state index in [1.165, 1.54) is 0 Å². The second-order valence-electron chi connectivity index (χ2n) is 6.41. The van der Waals surface area contributed by atoms with Gasteiger partial charge in [0, 0.05) is 19.6 Å². The van der Waals surface area contributed by atoms with Crippen molar-refractivity contribution in [1.82, 2.24) is 15.2 Å². The number of amides is 1. The molecule has 140 valence electrons. The summed E-state index contributed by atoms with van der Waals surface area (Å²) in [4.78, 5) is 18.3. The van der Waals surface area contributed by atoms with Crippen LogP contribution >= 0.6 is 11.3 Å². The van der Waals surface area contributed by atoms with Crippen LogP contribution in [0.25, 0.3) is 10.2 Å². The van der Waals surface area contributed by atoms with E-state index in [4.69, 9.17) is 9.47 Å². The molecular weight excluding hydrogens is 362 g/mol. The molecule has 7 heteroatoms. The maximum Gasteiger partial charge on any atom is 0.234 e. The van der Waals surface area contributed by atoms with Crippen LogP contribution in [0, 0.1) is 0 Å². The number of benzene rings is 2. The molecule has 0 atom stereocenters. The number of carbonyl (C=O) groups excluding carboxylic acids is 1. The number of piperazine rings is 1. The zero-order chi connectivity index (χ0) is 18.6. The first kappa shape index (κ1) is 17.8. The Kier molecular flexibility index (Phi) is 5.22. The Bertz CT molecular complexity index is 924. The van der Waals surface area contributed by atoms with Crippen LogP contribution in [0.5, 0.6) is 11.5 Å². The summed E-state index contributed by atoms with van der Waals surface area (Å²) in [7, 11) is 1.63. The first-order valence-electron chi connectivity index (χ1n) is 8.84. The summed E-state index contributed by atoms with van der Waals surface area (Å²) in [5.41, 5.74) is 2.08. The second kappa shape index (κ2) is 7.94. The lowest BCUT2D eigenvalue weighted by atomic mass is 10.1. The van der Waals surface area contributed by atoms with E-state index in [1.807, 2.05) is 36.4 Å². The Morgan fingerprint density at radius 3 is 2.93 bits per heavy atom. The predicted octanol–water partition coefficient (Wildman–Crippen LogP) is 2.82. The molecule has 1 aliphatic rings. The van der Waals surface area contributed by atoms with Gasteiger partial charge in [-0.3, -0.25) is 9.69 Å². The number of nitrogens with one attached hydrogen (secondary N) is 1. The minimum Gasteiger partial charge on any atom is -0.493 e. The number of carbonyl (C=O) groups is 1. The highest BCUT2D eigenvalue weighted by molar-refractivity contribution is 7.18. The molecule has 0 radical (unpaired) electrons. The molecule has 0 aliphatic carbocycles. The Balaban J connectivity index is 1.47. The number of rotatable bonds is 6. The molecule has 0 unspecified atom stereocenters. The number of aromatic nitrogens is 1. The molecule has 2 aromatic carbocycles. The van der Waals surface area contributed by atoms with Crippen LogP contribution in [0.1, 0.15) is 10.6 Å². The summed E-state index contributed by atoms with van der Waals surface area (Å²) in [6.45, 7) is 3.06. The highest BCUT2D eigenvalue weighted by Gasteiger charge is 2.17. The maximum absolute atomic E-state index is 11.6. The third-order valence-electron chi connectivity index (χ3n) is 4.44. The molecule has 1 amide bonds. The van der Waals surface area contributed by atoms with Gasteiger partial charge in [-0.25, -0.2) is 4.98 Å². The molecule has 1 saturated heterocycles. The number of nitrogens with zero attached hydrogens (tertiary/aromatic N) is 2. The molecule has 0 spiro atoms. The van der Waals surface area contributed by atoms with Gasteiger partial charge in [0.2, 0.25) is 5.91 Å². The first-order chi connectivity index (χ1) is 13.2. The summed E-state index contributed by atoms with van der Waals surface area (Å²) in [6.07, 6.45) is 0. The van der Waals surface area contributed by atoms with Gasteiger partial charge in [-0.1, -0.05) is 18.2 Å². The van der Waals surface area contributed by atoms with Gasteiger partial charge < -0.3 is 14.8 Å². The predicted molar refractivity (Wildman–Crippen MR) is 105 cm³/mol. The molecule has 4 rings (SSSR count). The third kappa shape index (κ3) is 4.20. The van der Waals surface area contributed by atoms with Gasteiger partial charge in [-0.15, -0.1) is 11.3 Å². The minimum atomic E-state index is 0.0714. The van der Waals surface area contributed by atoms with Crippen LogP contribution in [0.2, 0.25) is 0 Å². The fraction of sp³-hybridized carbons (Fsp3) is 0.300. The normalized spacial score (nSPS) is 14.9. The standard InChI is InChI=1S/C20H21N3O3S/c1-25-16-7-6-14(11-23-9-8-21-19(24)12-23)10-17(16)26-13-20-22-15-4-2-3-5-18(15)27-20/h2-7,10H,8-9,11-13H2,1H3,(H,21,24). The van der Waals surface area contributed by atoms with Crippen molar-refractivity contribution >= 4 is 27.5 Å². The summed E-state index contributed by atoms with van der Waals surface area (Å²) in [5.74, 6) is 1.45. The number of ether oxygens (including phenoxy) is 2. The van der Waals surface area contributed by atoms with Crippen LogP contribution in [0.4, 0.5) is 0 Å². The quantitative estimate of drug-likeness (QED) is 0.709. The van der Waals surface area contributed by atoms with Crippen molar-refractivity contribution in [1.29, 1.82) is 0 Å². The van der Waals surface area contributed by atoms with Gasteiger partial charge in [-0.05, 0) is 29.8 Å². The molecule has 1 fully saturated rings. The van der Waals surface area contributed by atoms with Crippen LogP contribution in [0.3, 0.4) is 0 Å². The molecule has 0 bridgehead atoms. The smallest absolute Gasteiger partial charge is 0.234 e. The Hall–Kier alpha value is -2.64. The molecule has 3 aromatic rings. The van der Waals surface area contributed by atoms with Crippen molar-refractivity contribution in [3.05, 3.63) is 53.0 Å². The van der Waals surface area contributed by atoms with Gasteiger partial charge in [0.15, 0.2) is 11.5 Å². The van der Waals surface area contributed by atoms with E-state index in [0.29, 0.717) is 37.7 Å². The molecule has 27 heavy (non-hydrogen) atoms. The largest absolute Gasteiger partial charge is 0.493 e. The number of para-hydroxylation sites is 1. The van der Waals surface area contributed by atoms with E-state index in [0.717, 1.165) is 27.3 Å². The van der Waals surface area contributed by atoms with Gasteiger partial charge in [0.05, 0.1) is 23.9 Å². The van der Waals surface area contributed by atoms with Crippen molar-refractivity contribution in [3.63, 3.8) is 0 Å². The zero-order valence-electron chi connectivity index (χ0n) is 15.1. The Morgan fingerprint density at radius 2 is 2.11 bits per heavy atom. The minimum absolute atomic E-state index is 0.0714. The average Bonchev–Trinajstić information content (AvgIpc) is 3.09. The Labute approximate surface area is 161 Å². The van der Waals surface area contributed by atoms with E-state index >= 15 is 0 Å². The second-order valence-corrected chi connectivity index (χ2v) is 7.53. The van der Waals surface area contributed by atoms with E-state index in [9.17, 15) is 4.79 Å². The number of hydrogen-bond donors (Lipinski definition) is 1. The molecule has 1 aromatic heterocycles. The molecular formula is C20H21N3O3S. The zero-order valence-corrected chi connectivity index (χ0v) is 15.9. The van der Waals surface area contributed by atoms with Gasteiger partial charge in [0.25, 0.3) is 0 Å². The maximum atomic E-state index is 11.6. The lowest BCUT2D eigenvalue weighted by molar-refractivity contribution is -0.124. The van der Waals surface area contributed by atoms with Crippen molar-refractivity contribution < 1.29 is 14.3 Å². The molecule has 2 heterocycles. The van der Waals surface area contributed by atoms with Crippen LogP contribution in [-0.4, -0.2) is 42.5 Å². The van der Waals surface area contributed by atoms with Gasteiger partial charge in [-0.2, -0.15) is 0 Å². The van der Waals surface area contributed by atoms with E-state index in [-0.39, 0.29) is 5.91 Å². The summed E-state index contributed by atoms with van der Waals surface area (Å²) in [6, 6.07) is 14.0. The van der Waals surface area contributed by atoms with Crippen molar-refractivity contribution in [2.45, 2.75) is 13.2 Å². The third-order valence-corrected chi connectivity index (χ3v) is 5.45. The number of hydrogen-bond acceptors (Lipinski definition) is 6. The SMILES string of the molecule is COc1ccc(CN2CCNC(=O)C2)cc1OCc1nc2ccccc2s1. The summed E-state index contributed by atoms with van der Waals surface area (Å²) < 4.78 is 12.6. The highest BCUT2D eigenvalue weighted by atomic mass is 32.1. The first-order valence-corrected chi connectivity index (χ1v) is 9.66. The van der Waals surface area contributed by atoms with E-state index in [2.05, 4.69) is 21.3 Å².